The van der Waals surface area contributed by atoms with Gasteiger partial charge in [0, 0.05) is 17.2 Å². The summed E-state index contributed by atoms with van der Waals surface area (Å²) in [4.78, 5) is 4.51. The maximum Gasteiger partial charge on any atom is 0.0548 e. The number of hydrogen-bond acceptors (Lipinski definition) is 2. The summed E-state index contributed by atoms with van der Waals surface area (Å²) in [6.45, 7) is 9.17. The van der Waals surface area contributed by atoms with Gasteiger partial charge in [-0.3, -0.25) is 4.98 Å². The number of aromatic nitrogens is 1. The Hall–Kier alpha value is -0.500. The molecule has 1 aromatic heterocycles. The van der Waals surface area contributed by atoms with Crippen molar-refractivity contribution < 1.29 is 0 Å². The SMILES string of the molecule is CC(C)c1ccnc2c1C(C(C)C)SC2. The van der Waals surface area contributed by atoms with Gasteiger partial charge < -0.3 is 0 Å². The molecule has 0 aliphatic carbocycles. The second kappa shape index (κ2) is 4.17. The number of thioether (sulfide) groups is 1. The highest BCUT2D eigenvalue weighted by molar-refractivity contribution is 7.99. The Balaban J connectivity index is 2.48. The van der Waals surface area contributed by atoms with E-state index in [-0.39, 0.29) is 0 Å². The molecule has 0 amide bonds. The number of nitrogens with zero attached hydrogens (tertiary/aromatic N) is 1. The summed E-state index contributed by atoms with van der Waals surface area (Å²) in [6, 6.07) is 2.20. The van der Waals surface area contributed by atoms with E-state index in [9.17, 15) is 0 Å². The zero-order valence-corrected chi connectivity index (χ0v) is 10.8. The van der Waals surface area contributed by atoms with Gasteiger partial charge >= 0.3 is 0 Å². The molecule has 2 heteroatoms. The third-order valence-electron chi connectivity index (χ3n) is 3.02. The second-order valence-electron chi connectivity index (χ2n) is 4.89. The molecule has 1 nitrogen and oxygen atoms in total. The summed E-state index contributed by atoms with van der Waals surface area (Å²) >= 11 is 2.05. The highest BCUT2D eigenvalue weighted by Crippen LogP contribution is 2.47. The van der Waals surface area contributed by atoms with Crippen molar-refractivity contribution in [2.75, 3.05) is 0 Å². The van der Waals surface area contributed by atoms with Gasteiger partial charge in [0.05, 0.1) is 5.69 Å². The van der Waals surface area contributed by atoms with Gasteiger partial charge in [0.2, 0.25) is 0 Å². The summed E-state index contributed by atoms with van der Waals surface area (Å²) < 4.78 is 0. The molecule has 1 atom stereocenters. The third kappa shape index (κ3) is 1.92. The lowest BCUT2D eigenvalue weighted by Gasteiger charge is -2.19. The van der Waals surface area contributed by atoms with Gasteiger partial charge in [0.25, 0.3) is 0 Å². The lowest BCUT2D eigenvalue weighted by atomic mass is 9.91. The van der Waals surface area contributed by atoms with Crippen molar-refractivity contribution in [3.05, 3.63) is 29.1 Å². The molecule has 0 saturated carbocycles. The quantitative estimate of drug-likeness (QED) is 0.744. The Labute approximate surface area is 96.7 Å². The molecule has 0 bridgehead atoms. The molecule has 2 heterocycles. The van der Waals surface area contributed by atoms with Crippen LogP contribution in [0.2, 0.25) is 0 Å². The first-order valence-electron chi connectivity index (χ1n) is 5.70. The maximum atomic E-state index is 4.51. The van der Waals surface area contributed by atoms with Crippen molar-refractivity contribution in [2.24, 2.45) is 5.92 Å². The lowest BCUT2D eigenvalue weighted by molar-refractivity contribution is 0.626. The van der Waals surface area contributed by atoms with Crippen molar-refractivity contribution in [1.29, 1.82) is 0 Å². The van der Waals surface area contributed by atoms with Crippen LogP contribution in [-0.2, 0) is 5.75 Å². The van der Waals surface area contributed by atoms with Gasteiger partial charge in [-0.1, -0.05) is 27.7 Å². The summed E-state index contributed by atoms with van der Waals surface area (Å²) in [5.41, 5.74) is 4.36. The van der Waals surface area contributed by atoms with Gasteiger partial charge in [-0.2, -0.15) is 0 Å². The molecule has 1 aromatic rings. The third-order valence-corrected chi connectivity index (χ3v) is 4.60. The molecule has 0 saturated heterocycles. The first-order valence-corrected chi connectivity index (χ1v) is 6.75. The van der Waals surface area contributed by atoms with E-state index in [1.54, 1.807) is 0 Å². The standard InChI is InChI=1S/C13H19NS/c1-8(2)10-5-6-14-11-7-15-13(9(3)4)12(10)11/h5-6,8-9,13H,7H2,1-4H3. The summed E-state index contributed by atoms with van der Waals surface area (Å²) in [5.74, 6) is 2.42. The molecule has 15 heavy (non-hydrogen) atoms. The number of rotatable bonds is 2. The average Bonchev–Trinajstić information content (AvgIpc) is 2.60. The zero-order valence-electron chi connectivity index (χ0n) is 9.95. The van der Waals surface area contributed by atoms with Crippen LogP contribution in [0.3, 0.4) is 0 Å². The Kier molecular flexibility index (Phi) is 3.06. The summed E-state index contributed by atoms with van der Waals surface area (Å²) in [5, 5.41) is 0.658. The monoisotopic (exact) mass is 221 g/mol. The summed E-state index contributed by atoms with van der Waals surface area (Å²) in [6.07, 6.45) is 1.97. The van der Waals surface area contributed by atoms with E-state index in [2.05, 4.69) is 38.7 Å². The van der Waals surface area contributed by atoms with Gasteiger partial charge in [0.15, 0.2) is 0 Å². The lowest BCUT2D eigenvalue weighted by Crippen LogP contribution is -2.05. The molecule has 1 aliphatic heterocycles. The molecule has 1 unspecified atom stereocenters. The largest absolute Gasteiger partial charge is 0.260 e. The van der Waals surface area contributed by atoms with Crippen LogP contribution in [-0.4, -0.2) is 4.98 Å². The maximum absolute atomic E-state index is 4.51. The van der Waals surface area contributed by atoms with Crippen LogP contribution in [0.5, 0.6) is 0 Å². The number of hydrogen-bond donors (Lipinski definition) is 0. The fourth-order valence-electron chi connectivity index (χ4n) is 2.26. The molecule has 2 rings (SSSR count). The smallest absolute Gasteiger partial charge is 0.0548 e. The van der Waals surface area contributed by atoms with E-state index in [4.69, 9.17) is 0 Å². The molecule has 0 N–H and O–H groups in total. The van der Waals surface area contributed by atoms with E-state index >= 15 is 0 Å². The Morgan fingerprint density at radius 2 is 2.07 bits per heavy atom. The van der Waals surface area contributed by atoms with Crippen molar-refractivity contribution in [2.45, 2.75) is 44.6 Å². The van der Waals surface area contributed by atoms with Crippen molar-refractivity contribution in [3.63, 3.8) is 0 Å². The minimum atomic E-state index is 0.613. The van der Waals surface area contributed by atoms with E-state index in [0.717, 1.165) is 5.75 Å². The van der Waals surface area contributed by atoms with Crippen molar-refractivity contribution >= 4 is 11.8 Å². The molecular weight excluding hydrogens is 202 g/mol. The first kappa shape index (κ1) is 11.0. The van der Waals surface area contributed by atoms with E-state index in [1.807, 2.05) is 18.0 Å². The molecular formula is C13H19NS. The second-order valence-corrected chi connectivity index (χ2v) is 6.02. The van der Waals surface area contributed by atoms with Crippen LogP contribution < -0.4 is 0 Å². The van der Waals surface area contributed by atoms with Crippen LogP contribution in [0.25, 0.3) is 0 Å². The zero-order chi connectivity index (χ0) is 11.0. The van der Waals surface area contributed by atoms with Gasteiger partial charge in [-0.05, 0) is 29.0 Å². The predicted octanol–water partition coefficient (Wildman–Crippen LogP) is 4.15. The van der Waals surface area contributed by atoms with Gasteiger partial charge in [-0.25, -0.2) is 0 Å². The fourth-order valence-corrected chi connectivity index (χ4v) is 3.65. The minimum Gasteiger partial charge on any atom is -0.260 e. The first-order chi connectivity index (χ1) is 7.11. The van der Waals surface area contributed by atoms with E-state index in [1.165, 1.54) is 16.8 Å². The van der Waals surface area contributed by atoms with Crippen molar-refractivity contribution in [1.82, 2.24) is 4.98 Å². The highest BCUT2D eigenvalue weighted by Gasteiger charge is 2.29. The number of pyridine rings is 1. The van der Waals surface area contributed by atoms with Gasteiger partial charge in [0.1, 0.15) is 0 Å². The Morgan fingerprint density at radius 1 is 1.33 bits per heavy atom. The molecule has 0 aromatic carbocycles. The van der Waals surface area contributed by atoms with Crippen LogP contribution in [0.4, 0.5) is 0 Å². The Morgan fingerprint density at radius 3 is 2.67 bits per heavy atom. The normalized spacial score (nSPS) is 20.0. The van der Waals surface area contributed by atoms with Gasteiger partial charge in [-0.15, -0.1) is 11.8 Å². The van der Waals surface area contributed by atoms with E-state index in [0.29, 0.717) is 17.1 Å². The van der Waals surface area contributed by atoms with Crippen LogP contribution in [0, 0.1) is 5.92 Å². The molecule has 1 aliphatic rings. The van der Waals surface area contributed by atoms with Crippen LogP contribution >= 0.6 is 11.8 Å². The molecule has 0 fully saturated rings. The molecule has 0 spiro atoms. The average molecular weight is 221 g/mol. The summed E-state index contributed by atoms with van der Waals surface area (Å²) in [7, 11) is 0. The fraction of sp³-hybridized carbons (Fsp3) is 0.615. The Bertz CT molecular complexity index is 358. The topological polar surface area (TPSA) is 12.9 Å². The predicted molar refractivity (Wildman–Crippen MR) is 67.2 cm³/mol. The number of fused-ring (bicyclic) bond motifs is 1. The van der Waals surface area contributed by atoms with Crippen LogP contribution in [0.1, 0.15) is 55.7 Å². The minimum absolute atomic E-state index is 0.613. The van der Waals surface area contributed by atoms with Crippen LogP contribution in [0.15, 0.2) is 12.3 Å². The van der Waals surface area contributed by atoms with E-state index < -0.39 is 0 Å². The molecule has 0 radical (unpaired) electrons. The highest BCUT2D eigenvalue weighted by atomic mass is 32.2. The van der Waals surface area contributed by atoms with Crippen molar-refractivity contribution in [3.8, 4) is 0 Å². The molecule has 82 valence electrons.